The Morgan fingerprint density at radius 2 is 1.79 bits per heavy atom. The van der Waals surface area contributed by atoms with Crippen LogP contribution in [0.25, 0.3) is 44.6 Å². The molecule has 0 unspecified atom stereocenters. The standard InChI is InChI=1S/C29H20ClN5O3/c1-35-12-6-10-20(35)15-24(36)38-23-16-22-28(34-29(23)37)33-26(17-7-3-2-4-8-17)27(32-22)19-13-18-9-5-11-31-25(18)21(30)14-19/h2-14,16H,15H2,1H3,(H,33,34,37). The summed E-state index contributed by atoms with van der Waals surface area (Å²) in [7, 11) is 1.84. The van der Waals surface area contributed by atoms with E-state index in [1.54, 1.807) is 12.3 Å². The van der Waals surface area contributed by atoms with E-state index in [9.17, 15) is 9.59 Å². The number of carbonyl (C=O) groups is 1. The Morgan fingerprint density at radius 1 is 0.974 bits per heavy atom. The van der Waals surface area contributed by atoms with Gasteiger partial charge in [-0.25, -0.2) is 9.97 Å². The smallest absolute Gasteiger partial charge is 0.317 e. The molecule has 0 saturated heterocycles. The van der Waals surface area contributed by atoms with Crippen LogP contribution in [0.1, 0.15) is 5.69 Å². The van der Waals surface area contributed by atoms with Crippen LogP contribution in [-0.2, 0) is 18.3 Å². The van der Waals surface area contributed by atoms with E-state index in [0.717, 1.165) is 22.2 Å². The molecule has 2 aromatic carbocycles. The number of H-pyrrole nitrogens is 1. The van der Waals surface area contributed by atoms with E-state index in [1.807, 2.05) is 78.5 Å². The van der Waals surface area contributed by atoms with Gasteiger partial charge >= 0.3 is 5.97 Å². The van der Waals surface area contributed by atoms with Gasteiger partial charge < -0.3 is 14.3 Å². The molecule has 0 bridgehead atoms. The Balaban J connectivity index is 1.49. The molecule has 4 heterocycles. The van der Waals surface area contributed by atoms with Crippen molar-refractivity contribution in [1.29, 1.82) is 0 Å². The van der Waals surface area contributed by atoms with Gasteiger partial charge in [-0.1, -0.05) is 48.0 Å². The van der Waals surface area contributed by atoms with E-state index in [-0.39, 0.29) is 17.8 Å². The predicted molar refractivity (Wildman–Crippen MR) is 146 cm³/mol. The maximum Gasteiger partial charge on any atom is 0.317 e. The summed E-state index contributed by atoms with van der Waals surface area (Å²) in [4.78, 5) is 42.1. The highest BCUT2D eigenvalue weighted by Crippen LogP contribution is 2.34. The summed E-state index contributed by atoms with van der Waals surface area (Å²) in [6.07, 6.45) is 3.55. The van der Waals surface area contributed by atoms with Crippen LogP contribution in [0.3, 0.4) is 0 Å². The van der Waals surface area contributed by atoms with Crippen LogP contribution >= 0.6 is 11.6 Å². The summed E-state index contributed by atoms with van der Waals surface area (Å²) >= 11 is 6.58. The highest BCUT2D eigenvalue weighted by molar-refractivity contribution is 6.35. The van der Waals surface area contributed by atoms with E-state index in [4.69, 9.17) is 26.3 Å². The van der Waals surface area contributed by atoms with Crippen molar-refractivity contribution >= 4 is 39.6 Å². The summed E-state index contributed by atoms with van der Waals surface area (Å²) < 4.78 is 7.24. The number of esters is 1. The van der Waals surface area contributed by atoms with Gasteiger partial charge in [-0.2, -0.15) is 0 Å². The maximum absolute atomic E-state index is 12.8. The number of hydrogen-bond acceptors (Lipinski definition) is 6. The lowest BCUT2D eigenvalue weighted by atomic mass is 10.0. The molecular weight excluding hydrogens is 502 g/mol. The number of carbonyl (C=O) groups excluding carboxylic acids is 1. The van der Waals surface area contributed by atoms with Gasteiger partial charge in [0.2, 0.25) is 0 Å². The summed E-state index contributed by atoms with van der Waals surface area (Å²) in [5.41, 5.74) is 4.20. The van der Waals surface area contributed by atoms with Gasteiger partial charge in [-0.05, 0) is 30.3 Å². The van der Waals surface area contributed by atoms with Crippen molar-refractivity contribution in [2.45, 2.75) is 6.42 Å². The van der Waals surface area contributed by atoms with Gasteiger partial charge in [0.25, 0.3) is 5.56 Å². The normalized spacial score (nSPS) is 11.2. The van der Waals surface area contributed by atoms with Crippen LogP contribution in [-0.4, -0.2) is 30.5 Å². The Morgan fingerprint density at radius 3 is 2.58 bits per heavy atom. The van der Waals surface area contributed by atoms with E-state index in [2.05, 4.69) is 9.97 Å². The van der Waals surface area contributed by atoms with Crippen molar-refractivity contribution in [2.24, 2.45) is 7.05 Å². The molecule has 0 radical (unpaired) electrons. The Hall–Kier alpha value is -4.82. The molecule has 0 aliphatic carbocycles. The number of aromatic amines is 1. The van der Waals surface area contributed by atoms with Crippen LogP contribution in [0.5, 0.6) is 5.75 Å². The average molecular weight is 522 g/mol. The van der Waals surface area contributed by atoms with E-state index >= 15 is 0 Å². The Bertz CT molecular complexity index is 1900. The minimum atomic E-state index is -0.571. The zero-order chi connectivity index (χ0) is 26.2. The molecule has 1 N–H and O–H groups in total. The number of ether oxygens (including phenoxy) is 1. The summed E-state index contributed by atoms with van der Waals surface area (Å²) in [5, 5.41) is 1.34. The fourth-order valence-corrected chi connectivity index (χ4v) is 4.62. The number of benzene rings is 2. The quantitative estimate of drug-likeness (QED) is 0.307. The molecule has 0 aliphatic heterocycles. The number of nitrogens with zero attached hydrogens (tertiary/aromatic N) is 4. The molecule has 0 aliphatic rings. The van der Waals surface area contributed by atoms with Gasteiger partial charge in [0.05, 0.1) is 28.3 Å². The Labute approximate surface area is 221 Å². The minimum Gasteiger partial charge on any atom is -0.420 e. The largest absolute Gasteiger partial charge is 0.420 e. The minimum absolute atomic E-state index is 0.0223. The van der Waals surface area contributed by atoms with E-state index in [1.165, 1.54) is 6.07 Å². The monoisotopic (exact) mass is 521 g/mol. The molecule has 8 nitrogen and oxygen atoms in total. The fourth-order valence-electron chi connectivity index (χ4n) is 4.35. The molecule has 38 heavy (non-hydrogen) atoms. The highest BCUT2D eigenvalue weighted by Gasteiger charge is 2.18. The summed E-state index contributed by atoms with van der Waals surface area (Å²) in [6, 6.07) is 22.2. The van der Waals surface area contributed by atoms with Gasteiger partial charge in [-0.15, -0.1) is 0 Å². The van der Waals surface area contributed by atoms with Gasteiger partial charge in [0.15, 0.2) is 11.4 Å². The molecule has 6 rings (SSSR count). The molecule has 186 valence electrons. The second kappa shape index (κ2) is 9.57. The molecule has 0 saturated carbocycles. The molecular formula is C29H20ClN5O3. The van der Waals surface area contributed by atoms with Crippen LogP contribution < -0.4 is 10.3 Å². The van der Waals surface area contributed by atoms with Gasteiger partial charge in [-0.3, -0.25) is 14.6 Å². The number of halogens is 1. The first kappa shape index (κ1) is 23.6. The molecule has 9 heteroatoms. The first-order valence-corrected chi connectivity index (χ1v) is 12.2. The van der Waals surface area contributed by atoms with Crippen molar-refractivity contribution in [1.82, 2.24) is 24.5 Å². The van der Waals surface area contributed by atoms with Crippen LogP contribution in [0.4, 0.5) is 0 Å². The highest BCUT2D eigenvalue weighted by atomic mass is 35.5. The lowest BCUT2D eigenvalue weighted by molar-refractivity contribution is -0.133. The maximum atomic E-state index is 12.8. The second-order valence-electron chi connectivity index (χ2n) is 8.78. The van der Waals surface area contributed by atoms with Crippen LogP contribution in [0, 0.1) is 0 Å². The number of fused-ring (bicyclic) bond motifs is 2. The lowest BCUT2D eigenvalue weighted by Crippen LogP contribution is -2.19. The molecule has 6 aromatic rings. The SMILES string of the molecule is Cn1cccc1CC(=O)Oc1cc2nc(-c3cc(Cl)c4ncccc4c3)c(-c3ccccc3)nc2[nH]c1=O. The first-order chi connectivity index (χ1) is 18.5. The molecule has 0 spiro atoms. The third-order valence-corrected chi connectivity index (χ3v) is 6.51. The molecule has 4 aromatic heterocycles. The number of rotatable bonds is 5. The number of hydrogen-bond donors (Lipinski definition) is 1. The Kier molecular flexibility index (Phi) is 5.94. The number of aryl methyl sites for hydroxylation is 1. The third-order valence-electron chi connectivity index (χ3n) is 6.23. The van der Waals surface area contributed by atoms with Crippen molar-refractivity contribution < 1.29 is 9.53 Å². The predicted octanol–water partition coefficient (Wildman–Crippen LogP) is 5.34. The second-order valence-corrected chi connectivity index (χ2v) is 9.19. The first-order valence-electron chi connectivity index (χ1n) is 11.8. The summed E-state index contributed by atoms with van der Waals surface area (Å²) in [6.45, 7) is 0. The van der Waals surface area contributed by atoms with Crippen molar-refractivity contribution in [3.05, 3.63) is 106 Å². The van der Waals surface area contributed by atoms with E-state index < -0.39 is 11.5 Å². The van der Waals surface area contributed by atoms with Crippen molar-refractivity contribution in [3.63, 3.8) is 0 Å². The fraction of sp³-hybridized carbons (Fsp3) is 0.0690. The zero-order valence-electron chi connectivity index (χ0n) is 20.2. The van der Waals surface area contributed by atoms with Crippen molar-refractivity contribution in [2.75, 3.05) is 0 Å². The molecule has 0 amide bonds. The third kappa shape index (κ3) is 4.42. The lowest BCUT2D eigenvalue weighted by Gasteiger charge is -2.12. The van der Waals surface area contributed by atoms with Crippen LogP contribution in [0.2, 0.25) is 5.02 Å². The number of aromatic nitrogens is 5. The number of nitrogens with one attached hydrogen (secondary N) is 1. The summed E-state index contributed by atoms with van der Waals surface area (Å²) in [5.74, 6) is -0.704. The average Bonchev–Trinajstić information content (AvgIpc) is 3.32. The number of pyridine rings is 2. The van der Waals surface area contributed by atoms with Crippen molar-refractivity contribution in [3.8, 4) is 28.3 Å². The topological polar surface area (TPSA) is 103 Å². The molecule has 0 fully saturated rings. The van der Waals surface area contributed by atoms with Gasteiger partial charge in [0, 0.05) is 47.7 Å². The molecule has 0 atom stereocenters. The zero-order valence-corrected chi connectivity index (χ0v) is 20.9. The van der Waals surface area contributed by atoms with E-state index in [0.29, 0.717) is 27.4 Å². The van der Waals surface area contributed by atoms with Gasteiger partial charge in [0.1, 0.15) is 5.52 Å². The van der Waals surface area contributed by atoms with Crippen LogP contribution in [0.15, 0.2) is 90.0 Å².